The van der Waals surface area contributed by atoms with Gasteiger partial charge >= 0.3 is 6.09 Å². The molecule has 0 heterocycles. The minimum Gasteiger partial charge on any atom is -1.00 e. The number of rotatable bonds is 10. The van der Waals surface area contributed by atoms with Crippen molar-refractivity contribution in [3.8, 4) is 5.75 Å². The number of halogens is 2. The van der Waals surface area contributed by atoms with Gasteiger partial charge in [-0.3, -0.25) is 4.79 Å². The molecule has 188 valence electrons. The molecule has 2 N–H and O–H groups in total. The van der Waals surface area contributed by atoms with Crippen LogP contribution in [0, 0.1) is 0 Å². The Morgan fingerprint density at radius 2 is 1.74 bits per heavy atom. The second-order valence-corrected chi connectivity index (χ2v) is 11.8. The van der Waals surface area contributed by atoms with E-state index in [1.54, 1.807) is 32.9 Å². The lowest BCUT2D eigenvalue weighted by molar-refractivity contribution is -0.123. The summed E-state index contributed by atoms with van der Waals surface area (Å²) in [6.45, 7) is 6.04. The number of nitrogens with one attached hydrogen (secondary N) is 2. The van der Waals surface area contributed by atoms with Crippen molar-refractivity contribution in [2.45, 2.75) is 52.0 Å². The van der Waals surface area contributed by atoms with Gasteiger partial charge in [-0.25, -0.2) is 4.79 Å². The van der Waals surface area contributed by atoms with Gasteiger partial charge in [0.2, 0.25) is 5.91 Å². The predicted octanol–water partition coefficient (Wildman–Crippen LogP) is 1.70. The van der Waals surface area contributed by atoms with Gasteiger partial charge in [-0.1, -0.05) is 41.9 Å². The highest BCUT2D eigenvalue weighted by atomic mass is 127. The van der Waals surface area contributed by atoms with Crippen molar-refractivity contribution >= 4 is 34.5 Å². The van der Waals surface area contributed by atoms with E-state index in [4.69, 9.17) is 21.1 Å². The molecule has 6 nitrogen and oxygen atoms in total. The van der Waals surface area contributed by atoms with Crippen LogP contribution in [0.5, 0.6) is 5.75 Å². The van der Waals surface area contributed by atoms with Crippen molar-refractivity contribution in [2.75, 3.05) is 18.3 Å². The Hall–Kier alpha value is -1.65. The number of alkyl carbamates (subject to hydrolysis) is 1. The maximum Gasteiger partial charge on any atom is 0.408 e. The number of benzene rings is 2. The third-order valence-corrected chi connectivity index (χ3v) is 5.74. The second kappa shape index (κ2) is 14.7. The smallest absolute Gasteiger partial charge is 0.408 e. The molecule has 0 aromatic heterocycles. The fraction of sp³-hybridized carbons (Fsp3) is 0.440. The Morgan fingerprint density at radius 3 is 2.35 bits per heavy atom. The monoisotopic (exact) mass is 620 g/mol. The van der Waals surface area contributed by atoms with Crippen LogP contribution < -0.4 is 39.3 Å². The van der Waals surface area contributed by atoms with Crippen LogP contribution in [0.2, 0.25) is 5.02 Å². The maximum absolute atomic E-state index is 12.9. The molecule has 0 saturated heterocycles. The summed E-state index contributed by atoms with van der Waals surface area (Å²) in [5.41, 5.74) is 1.22. The lowest BCUT2D eigenvalue weighted by atomic mass is 10.1. The Bertz CT molecular complexity index is 923. The van der Waals surface area contributed by atoms with Gasteiger partial charge in [-0.15, -0.1) is 0 Å². The Kier molecular flexibility index (Phi) is 13.1. The molecule has 0 aliphatic rings. The zero-order chi connectivity index (χ0) is 24.4. The summed E-state index contributed by atoms with van der Waals surface area (Å²) in [6, 6.07) is 14.5. The number of carbonyl (C=O) groups is 2. The van der Waals surface area contributed by atoms with Crippen molar-refractivity contribution in [3.63, 3.8) is 0 Å². The fourth-order valence-corrected chi connectivity index (χ4v) is 3.89. The van der Waals surface area contributed by atoms with Crippen LogP contribution in [0.25, 0.3) is 0 Å². The van der Waals surface area contributed by atoms with Crippen LogP contribution in [-0.4, -0.2) is 41.9 Å². The van der Waals surface area contributed by atoms with Crippen molar-refractivity contribution in [1.29, 1.82) is 0 Å². The summed E-state index contributed by atoms with van der Waals surface area (Å²) in [5, 5.41) is 6.13. The van der Waals surface area contributed by atoms with E-state index < -0.39 is 17.7 Å². The van der Waals surface area contributed by atoms with Crippen LogP contribution in [0.15, 0.2) is 48.5 Å². The predicted molar refractivity (Wildman–Crippen MR) is 136 cm³/mol. The van der Waals surface area contributed by atoms with Gasteiger partial charge in [-0.05, 0) is 61.0 Å². The molecule has 2 amide bonds. The first kappa shape index (κ1) is 30.4. The first-order chi connectivity index (χ1) is 15.5. The van der Waals surface area contributed by atoms with E-state index in [0.717, 1.165) is 16.9 Å². The normalized spacial score (nSPS) is 11.9. The van der Waals surface area contributed by atoms with Gasteiger partial charge in [0.05, 0.1) is 12.5 Å². The van der Waals surface area contributed by atoms with Crippen LogP contribution in [0.4, 0.5) is 4.79 Å². The minimum atomic E-state index is -0.678. The van der Waals surface area contributed by atoms with E-state index in [9.17, 15) is 9.59 Å². The summed E-state index contributed by atoms with van der Waals surface area (Å²) in [6.07, 6.45) is 4.13. The van der Waals surface area contributed by atoms with Gasteiger partial charge in [0.15, 0.2) is 0 Å². The lowest BCUT2D eigenvalue weighted by Gasteiger charge is -2.23. The summed E-state index contributed by atoms with van der Waals surface area (Å²) < 4.78 is 11.2. The molecule has 0 saturated carbocycles. The van der Waals surface area contributed by atoms with Crippen LogP contribution in [-0.2, 0) is 33.6 Å². The SMILES string of the molecule is C[S+](C)CC[C@@H](NC(=O)OC(C)(C)C)C(=O)NCc1cc(Cl)cc(OCc2ccccc2)c1.[I-]. The maximum atomic E-state index is 12.9. The van der Waals surface area contributed by atoms with Gasteiger partial charge in [-0.2, -0.15) is 0 Å². The highest BCUT2D eigenvalue weighted by Gasteiger charge is 2.25. The highest BCUT2D eigenvalue weighted by Crippen LogP contribution is 2.22. The number of ether oxygens (including phenoxy) is 2. The minimum absolute atomic E-state index is 0. The van der Waals surface area contributed by atoms with E-state index in [2.05, 4.69) is 23.1 Å². The zero-order valence-corrected chi connectivity index (χ0v) is 24.1. The first-order valence-corrected chi connectivity index (χ1v) is 13.4. The summed E-state index contributed by atoms with van der Waals surface area (Å²) >= 11 is 6.26. The van der Waals surface area contributed by atoms with E-state index in [0.29, 0.717) is 23.8 Å². The molecule has 0 aliphatic heterocycles. The van der Waals surface area contributed by atoms with Crippen LogP contribution in [0.3, 0.4) is 0 Å². The summed E-state index contributed by atoms with van der Waals surface area (Å²) in [7, 11) is 0.143. The van der Waals surface area contributed by atoms with Gasteiger partial charge < -0.3 is 44.1 Å². The Balaban J connectivity index is 0.00000578. The molecule has 0 aliphatic carbocycles. The average Bonchev–Trinajstić information content (AvgIpc) is 2.72. The Morgan fingerprint density at radius 1 is 1.06 bits per heavy atom. The fourth-order valence-electron chi connectivity index (χ4n) is 2.93. The largest absolute Gasteiger partial charge is 1.00 e. The highest BCUT2D eigenvalue weighted by molar-refractivity contribution is 7.95. The topological polar surface area (TPSA) is 76.7 Å². The summed E-state index contributed by atoms with van der Waals surface area (Å²) in [5.74, 6) is 1.18. The summed E-state index contributed by atoms with van der Waals surface area (Å²) in [4.78, 5) is 25.1. The quantitative estimate of drug-likeness (QED) is 0.313. The van der Waals surface area contributed by atoms with E-state index in [-0.39, 0.29) is 47.3 Å². The lowest BCUT2D eigenvalue weighted by Crippen LogP contribution is -3.00. The molecular weight excluding hydrogens is 587 g/mol. The number of hydrogen-bond acceptors (Lipinski definition) is 4. The van der Waals surface area contributed by atoms with E-state index >= 15 is 0 Å². The molecule has 0 bridgehead atoms. The third kappa shape index (κ3) is 12.2. The molecule has 9 heteroatoms. The van der Waals surface area contributed by atoms with E-state index in [1.807, 2.05) is 36.4 Å². The van der Waals surface area contributed by atoms with Gasteiger partial charge in [0, 0.05) is 18.0 Å². The average molecular weight is 621 g/mol. The molecule has 2 aromatic rings. The van der Waals surface area contributed by atoms with Crippen molar-refractivity contribution in [2.24, 2.45) is 0 Å². The molecule has 0 radical (unpaired) electrons. The third-order valence-electron chi connectivity index (χ3n) is 4.47. The van der Waals surface area contributed by atoms with Gasteiger partial charge in [0.1, 0.15) is 29.8 Å². The molecule has 0 spiro atoms. The molecule has 34 heavy (non-hydrogen) atoms. The zero-order valence-electron chi connectivity index (χ0n) is 20.3. The number of hydrogen-bond donors (Lipinski definition) is 2. The number of amides is 2. The van der Waals surface area contributed by atoms with Crippen molar-refractivity contribution in [3.05, 3.63) is 64.7 Å². The molecular formula is C25H34ClIN2O4S. The molecule has 1 atom stereocenters. The molecule has 2 aromatic carbocycles. The van der Waals surface area contributed by atoms with E-state index in [1.165, 1.54) is 0 Å². The molecule has 2 rings (SSSR count). The van der Waals surface area contributed by atoms with Crippen LogP contribution in [0.1, 0.15) is 38.3 Å². The number of carbonyl (C=O) groups excluding carboxylic acids is 2. The Labute approximate surface area is 227 Å². The van der Waals surface area contributed by atoms with Crippen molar-refractivity contribution in [1.82, 2.24) is 10.6 Å². The molecule has 0 unspecified atom stereocenters. The van der Waals surface area contributed by atoms with Crippen molar-refractivity contribution < 1.29 is 43.0 Å². The van der Waals surface area contributed by atoms with Crippen LogP contribution >= 0.6 is 11.6 Å². The molecule has 0 fully saturated rings. The first-order valence-electron chi connectivity index (χ1n) is 10.8. The standard InChI is InChI=1S/C25H33ClN2O4S.HI/c1-25(2,3)32-24(30)28-22(11-12-33(4)5)23(29)27-16-19-13-20(26)15-21(14-19)31-17-18-9-7-6-8-10-18;/h6-10,13-15,22H,11-12,16-17H2,1-5H3,(H-,27,28,29,30);1H/t22-;/m1./s1. The van der Waals surface area contributed by atoms with Gasteiger partial charge in [0.25, 0.3) is 0 Å². The second-order valence-electron chi connectivity index (χ2n) is 8.96.